The molecule has 4 heterocycles. The van der Waals surface area contributed by atoms with E-state index in [0.29, 0.717) is 82.4 Å². The second-order valence-corrected chi connectivity index (χ2v) is 24.4. The van der Waals surface area contributed by atoms with E-state index in [1.807, 2.05) is 83.5 Å². The van der Waals surface area contributed by atoms with Gasteiger partial charge in [-0.25, -0.2) is 9.78 Å². The van der Waals surface area contributed by atoms with Crippen molar-refractivity contribution >= 4 is 60.3 Å². The first-order valence-electron chi connectivity index (χ1n) is 25.9. The Morgan fingerprint density at radius 2 is 1.39 bits per heavy atom. The van der Waals surface area contributed by atoms with Gasteiger partial charge >= 0.3 is 5.69 Å². The van der Waals surface area contributed by atoms with Crippen molar-refractivity contribution in [1.29, 1.82) is 0 Å². The number of aryl methyl sites for hydroxylation is 1. The number of aromatic nitrogens is 4. The number of benzene rings is 2. The van der Waals surface area contributed by atoms with Crippen molar-refractivity contribution < 1.29 is 40.1 Å². The predicted octanol–water partition coefficient (Wildman–Crippen LogP) is 7.08. The fourth-order valence-electron chi connectivity index (χ4n) is 11.9. The van der Waals surface area contributed by atoms with Gasteiger partial charge in [0.15, 0.2) is 11.4 Å². The maximum absolute atomic E-state index is 13.7. The molecule has 5 aliphatic rings. The van der Waals surface area contributed by atoms with Crippen LogP contribution < -0.4 is 26.8 Å². The lowest BCUT2D eigenvalue weighted by Gasteiger charge is -2.51. The number of nitrogens with one attached hydrogen (secondary N) is 3. The summed E-state index contributed by atoms with van der Waals surface area (Å²) in [5.41, 5.74) is 3.17. The molecule has 0 saturated heterocycles. The topological polar surface area (TPSA) is 246 Å². The van der Waals surface area contributed by atoms with E-state index < -0.39 is 36.5 Å². The first-order valence-corrected chi connectivity index (χ1v) is 28.8. The van der Waals surface area contributed by atoms with Crippen LogP contribution in [0.3, 0.4) is 0 Å². The van der Waals surface area contributed by atoms with Gasteiger partial charge in [-0.05, 0) is 120 Å². The van der Waals surface area contributed by atoms with Crippen LogP contribution in [-0.4, -0.2) is 93.8 Å². The highest BCUT2D eigenvalue weighted by atomic mass is 32.2. The highest BCUT2D eigenvalue weighted by Crippen LogP contribution is 2.57. The van der Waals surface area contributed by atoms with Gasteiger partial charge in [0.1, 0.15) is 18.4 Å². The number of anilines is 1. The number of fused-ring (bicyclic) bond motifs is 6. The van der Waals surface area contributed by atoms with Crippen molar-refractivity contribution in [3.05, 3.63) is 110 Å². The van der Waals surface area contributed by atoms with Gasteiger partial charge in [-0.1, -0.05) is 52.3 Å². The number of imidazole rings is 1. The normalized spacial score (nSPS) is 21.6. The zero-order valence-corrected chi connectivity index (χ0v) is 45.2. The Labute approximate surface area is 433 Å². The Bertz CT molecular complexity index is 3350. The predicted molar refractivity (Wildman–Crippen MR) is 285 cm³/mol. The maximum atomic E-state index is 13.7. The number of unbranched alkanes of at least 4 members (excludes halogenated alkanes) is 2. The fraction of sp³-hybridized carbons (Fsp3) is 0.519. The molecule has 5 N–H and O–H groups in total. The summed E-state index contributed by atoms with van der Waals surface area (Å²) in [5, 5.41) is 6.04. The van der Waals surface area contributed by atoms with Gasteiger partial charge in [-0.3, -0.25) is 32.6 Å². The fourth-order valence-corrected chi connectivity index (χ4v) is 12.9. The van der Waals surface area contributed by atoms with Crippen LogP contribution in [0.15, 0.2) is 91.9 Å². The number of H-pyrrole nitrogens is 1. The van der Waals surface area contributed by atoms with E-state index in [4.69, 9.17) is 4.98 Å². The second kappa shape index (κ2) is 20.6. The highest BCUT2D eigenvalue weighted by Gasteiger charge is 2.54. The molecule has 20 heteroatoms. The average Bonchev–Trinajstić information content (AvgIpc) is 3.96. The lowest BCUT2D eigenvalue weighted by atomic mass is 9.53. The lowest BCUT2D eigenvalue weighted by molar-refractivity contribution is -0.401. The third-order valence-electron chi connectivity index (χ3n) is 16.2. The number of allylic oxidation sites excluding steroid dienone is 6. The van der Waals surface area contributed by atoms with Crippen LogP contribution in [0.4, 0.5) is 11.4 Å². The molecule has 0 unspecified atom stereocenters. The molecule has 2 aromatic carbocycles. The van der Waals surface area contributed by atoms with Crippen LogP contribution in [0.25, 0.3) is 11.2 Å². The van der Waals surface area contributed by atoms with E-state index in [-0.39, 0.29) is 38.3 Å². The molecule has 3 aliphatic carbocycles. The molecular formula is C54H71N8O10S2+. The van der Waals surface area contributed by atoms with Crippen LogP contribution in [0.1, 0.15) is 136 Å². The first-order chi connectivity index (χ1) is 34.9. The Morgan fingerprint density at radius 1 is 0.770 bits per heavy atom. The minimum Gasteiger partial charge on any atom is -0.354 e. The van der Waals surface area contributed by atoms with Crippen molar-refractivity contribution in [2.45, 2.75) is 158 Å². The Morgan fingerprint density at radius 3 is 2.04 bits per heavy atom. The molecule has 2 amide bonds. The first kappa shape index (κ1) is 54.3. The smallest absolute Gasteiger partial charge is 0.332 e. The van der Waals surface area contributed by atoms with Crippen LogP contribution in [0, 0.1) is 5.41 Å². The molecule has 3 saturated carbocycles. The number of aromatic amines is 1. The number of carbonyl (C=O) groups excluding carboxylic acids is 2. The third kappa shape index (κ3) is 10.1. The Kier molecular flexibility index (Phi) is 15.1. The van der Waals surface area contributed by atoms with Gasteiger partial charge in [-0.2, -0.15) is 21.4 Å². The van der Waals surface area contributed by atoms with Gasteiger partial charge in [0.2, 0.25) is 17.5 Å². The number of hydrogen-bond donors (Lipinski definition) is 5. The molecule has 3 fully saturated rings. The summed E-state index contributed by atoms with van der Waals surface area (Å²) in [6.07, 6.45) is 17.7. The lowest BCUT2D eigenvalue weighted by Crippen LogP contribution is -2.52. The summed E-state index contributed by atoms with van der Waals surface area (Å²) in [6.45, 7) is 13.9. The van der Waals surface area contributed by atoms with Gasteiger partial charge in [-0.15, -0.1) is 0 Å². The van der Waals surface area contributed by atoms with Crippen LogP contribution in [0.5, 0.6) is 0 Å². The average molecular weight is 1060 g/mol. The second-order valence-electron chi connectivity index (χ2n) is 21.6. The van der Waals surface area contributed by atoms with E-state index in [9.17, 15) is 45.1 Å². The number of amides is 2. The quantitative estimate of drug-likeness (QED) is 0.0258. The Hall–Kier alpha value is -5.96. The van der Waals surface area contributed by atoms with Crippen molar-refractivity contribution in [3.8, 4) is 0 Å². The van der Waals surface area contributed by atoms with Crippen LogP contribution in [0.2, 0.25) is 0 Å². The standard InChI is InChI=1S/C54H70N8O10S2/c1-8-31-61-46-45(47(64)62(32-9-2)50(61)66)57-48(58-46)53-23-26-54(27-24-53,28-25-53)49(65)56-30-29-55-44(63)18-14-11-15-33-60-41-22-20-37(74(70,71)72)35-39(41)52(5,6)43(60)17-13-10-12-16-42-51(3,4)38-34-36(73(67,68)69)19-21-40(38)59(42)7/h10,12-13,16-17,19-22,34-35H,8-9,11,14-15,18,23-33H2,1-7H3,(H4-,55,56,57,58,63,64,65,67,68,69,70,71,72)/p+1. The highest BCUT2D eigenvalue weighted by molar-refractivity contribution is 7.86. The third-order valence-corrected chi connectivity index (χ3v) is 17.9. The maximum Gasteiger partial charge on any atom is 0.332 e. The molecule has 2 bridgehead atoms. The van der Waals surface area contributed by atoms with Gasteiger partial charge in [0, 0.05) is 84.5 Å². The zero-order chi connectivity index (χ0) is 53.6. The minimum atomic E-state index is -4.45. The molecule has 74 heavy (non-hydrogen) atoms. The number of hydrogen-bond acceptors (Lipinski definition) is 10. The SMILES string of the molecule is CCCn1c(=O)c2[nH]c(C34CCC(C(=O)NCCNC(=O)CCCCCN5/C(=C/C=C/C=C/C6=[N+](C)c7ccc(S(=O)(=O)O)cc7C6(C)C)C(C)(C)c6cc(S(=O)(=O)O)ccc65)(CC3)CC4)nc2n(CCC)c1=O. The van der Waals surface area contributed by atoms with Gasteiger partial charge in [0.05, 0.1) is 15.2 Å². The van der Waals surface area contributed by atoms with E-state index in [2.05, 4.69) is 20.5 Å². The molecule has 2 aliphatic heterocycles. The summed E-state index contributed by atoms with van der Waals surface area (Å²) in [4.78, 5) is 63.4. The number of nitrogens with zero attached hydrogens (tertiary/aromatic N) is 5. The summed E-state index contributed by atoms with van der Waals surface area (Å²) in [7, 11) is -6.91. The van der Waals surface area contributed by atoms with Gasteiger partial charge in [0.25, 0.3) is 25.8 Å². The molecule has 18 nitrogen and oxygen atoms in total. The molecule has 0 radical (unpaired) electrons. The molecule has 0 spiro atoms. The molecular weight excluding hydrogens is 985 g/mol. The van der Waals surface area contributed by atoms with Gasteiger partial charge < -0.3 is 20.5 Å². The molecule has 9 rings (SSSR count). The van der Waals surface area contributed by atoms with Crippen LogP contribution >= 0.6 is 0 Å². The summed E-state index contributed by atoms with van der Waals surface area (Å²) in [6, 6.07) is 9.23. The van der Waals surface area contributed by atoms with E-state index in [1.54, 1.807) is 16.7 Å². The van der Waals surface area contributed by atoms with Crippen LogP contribution in [-0.2, 0) is 59.2 Å². The monoisotopic (exact) mass is 1060 g/mol. The number of rotatable bonds is 20. The zero-order valence-electron chi connectivity index (χ0n) is 43.6. The van der Waals surface area contributed by atoms with E-state index >= 15 is 0 Å². The summed E-state index contributed by atoms with van der Waals surface area (Å²) in [5.74, 6) is 0.625. The Balaban J connectivity index is 0.828. The van der Waals surface area contributed by atoms with Crippen molar-refractivity contribution in [3.63, 3.8) is 0 Å². The molecule has 0 atom stereocenters. The van der Waals surface area contributed by atoms with Crippen molar-refractivity contribution in [2.75, 3.05) is 31.6 Å². The number of carbonyl (C=O) groups is 2. The molecule has 398 valence electrons. The molecule has 4 aromatic rings. The van der Waals surface area contributed by atoms with E-state index in [0.717, 1.165) is 78.3 Å². The van der Waals surface area contributed by atoms with E-state index in [1.165, 1.54) is 28.8 Å². The molecule has 2 aromatic heterocycles. The summed E-state index contributed by atoms with van der Waals surface area (Å²) >= 11 is 0. The minimum absolute atomic E-state index is 0.00223. The van der Waals surface area contributed by atoms with Crippen molar-refractivity contribution in [2.24, 2.45) is 5.41 Å². The largest absolute Gasteiger partial charge is 0.354 e. The summed E-state index contributed by atoms with van der Waals surface area (Å²) < 4.78 is 72.6. The van der Waals surface area contributed by atoms with Crippen molar-refractivity contribution in [1.82, 2.24) is 29.7 Å².